The number of halogens is 1. The summed E-state index contributed by atoms with van der Waals surface area (Å²) in [6.45, 7) is 0. The van der Waals surface area contributed by atoms with Gasteiger partial charge in [0.2, 0.25) is 0 Å². The van der Waals surface area contributed by atoms with Gasteiger partial charge >= 0.3 is 5.97 Å². The Kier molecular flexibility index (Phi) is 4.05. The third-order valence-electron chi connectivity index (χ3n) is 2.67. The highest BCUT2D eigenvalue weighted by atomic mass is 32.2. The van der Waals surface area contributed by atoms with Crippen molar-refractivity contribution in [2.24, 2.45) is 0 Å². The molecule has 0 bridgehead atoms. The molecule has 1 fully saturated rings. The zero-order valence-electron chi connectivity index (χ0n) is 9.49. The molecule has 1 aliphatic carbocycles. The van der Waals surface area contributed by atoms with Crippen molar-refractivity contribution in [3.05, 3.63) is 29.6 Å². The molecule has 0 atom stereocenters. The van der Waals surface area contributed by atoms with Crippen molar-refractivity contribution in [2.75, 3.05) is 0 Å². The molecule has 2 rings (SSSR count). The lowest BCUT2D eigenvalue weighted by molar-refractivity contribution is -0.137. The van der Waals surface area contributed by atoms with E-state index in [2.05, 4.69) is 0 Å². The molecule has 0 saturated heterocycles. The average molecular weight is 254 g/mol. The second-order valence-corrected chi connectivity index (χ2v) is 5.67. The molecule has 1 aromatic carbocycles. The molecule has 1 aliphatic rings. The number of thioether (sulfide) groups is 1. The van der Waals surface area contributed by atoms with E-state index < -0.39 is 5.97 Å². The molecule has 4 heteroatoms. The van der Waals surface area contributed by atoms with Crippen LogP contribution in [-0.2, 0) is 11.2 Å². The molecule has 0 aromatic heterocycles. The fourth-order valence-electron chi connectivity index (χ4n) is 1.60. The van der Waals surface area contributed by atoms with E-state index in [1.165, 1.54) is 18.9 Å². The minimum Gasteiger partial charge on any atom is -0.481 e. The van der Waals surface area contributed by atoms with Crippen LogP contribution in [0.25, 0.3) is 0 Å². The molecule has 1 aromatic rings. The highest BCUT2D eigenvalue weighted by molar-refractivity contribution is 8.00. The Morgan fingerprint density at radius 3 is 2.82 bits per heavy atom. The molecule has 1 saturated carbocycles. The van der Waals surface area contributed by atoms with Crippen molar-refractivity contribution in [1.82, 2.24) is 0 Å². The van der Waals surface area contributed by atoms with Crippen LogP contribution >= 0.6 is 11.8 Å². The maximum Gasteiger partial charge on any atom is 0.303 e. The van der Waals surface area contributed by atoms with Gasteiger partial charge in [-0.15, -0.1) is 11.8 Å². The fourth-order valence-corrected chi connectivity index (χ4v) is 2.65. The minimum absolute atomic E-state index is 0.139. The van der Waals surface area contributed by atoms with Crippen LogP contribution in [0, 0.1) is 5.82 Å². The van der Waals surface area contributed by atoms with E-state index in [9.17, 15) is 9.18 Å². The fraction of sp³-hybridized carbons (Fsp3) is 0.462. The minimum atomic E-state index is -0.800. The highest BCUT2D eigenvalue weighted by Crippen LogP contribution is 2.40. The van der Waals surface area contributed by atoms with E-state index in [0.29, 0.717) is 18.1 Å². The molecule has 0 spiro atoms. The molecule has 1 N–H and O–H groups in total. The maximum absolute atomic E-state index is 13.7. The standard InChI is InChI=1S/C13H15FO2S/c14-11-8-9(2-1-3-13(15)16)4-7-12(11)17-10-5-6-10/h4,7-8,10H,1-3,5-6H2,(H,15,16). The first-order valence-electron chi connectivity index (χ1n) is 5.82. The van der Waals surface area contributed by atoms with Gasteiger partial charge in [0.15, 0.2) is 0 Å². The van der Waals surface area contributed by atoms with Gasteiger partial charge in [0.1, 0.15) is 5.82 Å². The van der Waals surface area contributed by atoms with E-state index in [-0.39, 0.29) is 12.2 Å². The van der Waals surface area contributed by atoms with E-state index in [0.717, 1.165) is 10.5 Å². The molecule has 0 heterocycles. The lowest BCUT2D eigenvalue weighted by Gasteiger charge is -2.05. The van der Waals surface area contributed by atoms with Crippen molar-refractivity contribution in [1.29, 1.82) is 0 Å². The highest BCUT2D eigenvalue weighted by Gasteiger charge is 2.23. The first-order chi connectivity index (χ1) is 8.15. The van der Waals surface area contributed by atoms with Crippen LogP contribution in [0.15, 0.2) is 23.1 Å². The Balaban J connectivity index is 1.90. The van der Waals surface area contributed by atoms with Crippen molar-refractivity contribution in [3.8, 4) is 0 Å². The van der Waals surface area contributed by atoms with Crippen molar-refractivity contribution in [3.63, 3.8) is 0 Å². The molecule has 0 unspecified atom stereocenters. The van der Waals surface area contributed by atoms with Crippen LogP contribution in [-0.4, -0.2) is 16.3 Å². The van der Waals surface area contributed by atoms with Gasteiger partial charge in [-0.25, -0.2) is 4.39 Å². The summed E-state index contributed by atoms with van der Waals surface area (Å²) in [6, 6.07) is 5.25. The predicted molar refractivity (Wildman–Crippen MR) is 65.9 cm³/mol. The topological polar surface area (TPSA) is 37.3 Å². The van der Waals surface area contributed by atoms with Crippen molar-refractivity contribution < 1.29 is 14.3 Å². The number of carbonyl (C=O) groups is 1. The summed E-state index contributed by atoms with van der Waals surface area (Å²) in [7, 11) is 0. The van der Waals surface area contributed by atoms with E-state index in [1.807, 2.05) is 12.1 Å². The van der Waals surface area contributed by atoms with Gasteiger partial charge in [0, 0.05) is 16.6 Å². The number of carboxylic acid groups (broad SMARTS) is 1. The normalized spacial score (nSPS) is 14.9. The summed E-state index contributed by atoms with van der Waals surface area (Å²) < 4.78 is 13.7. The largest absolute Gasteiger partial charge is 0.481 e. The van der Waals surface area contributed by atoms with Crippen LogP contribution in [0.1, 0.15) is 31.2 Å². The summed E-state index contributed by atoms with van der Waals surface area (Å²) in [6.07, 6.45) is 3.69. The third kappa shape index (κ3) is 4.04. The lowest BCUT2D eigenvalue weighted by atomic mass is 10.1. The van der Waals surface area contributed by atoms with Crippen LogP contribution in [0.4, 0.5) is 4.39 Å². The Hall–Kier alpha value is -1.03. The summed E-state index contributed by atoms with van der Waals surface area (Å²) in [5.74, 6) is -0.971. The molecule has 17 heavy (non-hydrogen) atoms. The molecular formula is C13H15FO2S. The summed E-state index contributed by atoms with van der Waals surface area (Å²) >= 11 is 1.60. The third-order valence-corrected chi connectivity index (χ3v) is 4.06. The van der Waals surface area contributed by atoms with Crippen LogP contribution in [0.5, 0.6) is 0 Å². The first-order valence-corrected chi connectivity index (χ1v) is 6.70. The van der Waals surface area contributed by atoms with E-state index in [1.54, 1.807) is 11.8 Å². The zero-order valence-corrected chi connectivity index (χ0v) is 10.3. The van der Waals surface area contributed by atoms with Crippen LogP contribution < -0.4 is 0 Å². The molecule has 0 aliphatic heterocycles. The molecule has 92 valence electrons. The van der Waals surface area contributed by atoms with E-state index in [4.69, 9.17) is 5.11 Å². The van der Waals surface area contributed by atoms with Gasteiger partial charge in [-0.05, 0) is 43.4 Å². The number of hydrogen-bond acceptors (Lipinski definition) is 2. The Bertz CT molecular complexity index is 416. The molecule has 0 radical (unpaired) electrons. The molecular weight excluding hydrogens is 239 g/mol. The molecule has 2 nitrogen and oxygen atoms in total. The summed E-state index contributed by atoms with van der Waals surface area (Å²) in [5.41, 5.74) is 0.879. The first kappa shape index (κ1) is 12.4. The number of rotatable bonds is 6. The van der Waals surface area contributed by atoms with Crippen LogP contribution in [0.2, 0.25) is 0 Å². The molecule has 0 amide bonds. The second-order valence-electron chi connectivity index (χ2n) is 4.33. The number of aryl methyl sites for hydroxylation is 1. The average Bonchev–Trinajstić information content (AvgIpc) is 3.05. The Morgan fingerprint density at radius 1 is 1.47 bits per heavy atom. The van der Waals surface area contributed by atoms with Gasteiger partial charge in [-0.1, -0.05) is 6.07 Å². The van der Waals surface area contributed by atoms with Gasteiger partial charge in [0.05, 0.1) is 0 Å². The SMILES string of the molecule is O=C(O)CCCc1ccc(SC2CC2)c(F)c1. The number of benzene rings is 1. The van der Waals surface area contributed by atoms with Gasteiger partial charge < -0.3 is 5.11 Å². The quantitative estimate of drug-likeness (QED) is 0.844. The number of carboxylic acids is 1. The second kappa shape index (κ2) is 5.54. The zero-order chi connectivity index (χ0) is 12.3. The number of aliphatic carboxylic acids is 1. The summed E-state index contributed by atoms with van der Waals surface area (Å²) in [5, 5.41) is 9.12. The lowest BCUT2D eigenvalue weighted by Crippen LogP contribution is -1.96. The summed E-state index contributed by atoms with van der Waals surface area (Å²) in [4.78, 5) is 11.1. The van der Waals surface area contributed by atoms with Gasteiger partial charge in [0.25, 0.3) is 0 Å². The van der Waals surface area contributed by atoms with Crippen molar-refractivity contribution >= 4 is 17.7 Å². The Labute approximate surface area is 104 Å². The van der Waals surface area contributed by atoms with Gasteiger partial charge in [-0.2, -0.15) is 0 Å². The predicted octanol–water partition coefficient (Wildman–Crippen LogP) is 3.49. The van der Waals surface area contributed by atoms with Crippen LogP contribution in [0.3, 0.4) is 0 Å². The monoisotopic (exact) mass is 254 g/mol. The maximum atomic E-state index is 13.7. The van der Waals surface area contributed by atoms with E-state index >= 15 is 0 Å². The Morgan fingerprint density at radius 2 is 2.24 bits per heavy atom. The smallest absolute Gasteiger partial charge is 0.303 e. The van der Waals surface area contributed by atoms with Gasteiger partial charge in [-0.3, -0.25) is 4.79 Å². The van der Waals surface area contributed by atoms with Crippen molar-refractivity contribution in [2.45, 2.75) is 42.2 Å². The number of hydrogen-bond donors (Lipinski definition) is 1.